The fraction of sp³-hybridized carbons (Fsp3) is 0.452. The van der Waals surface area contributed by atoms with Crippen molar-refractivity contribution in [2.24, 2.45) is 0 Å². The lowest BCUT2D eigenvalue weighted by molar-refractivity contribution is -0.117. The fourth-order valence-electron chi connectivity index (χ4n) is 5.67. The zero-order valence-electron chi connectivity index (χ0n) is 23.9. The van der Waals surface area contributed by atoms with Gasteiger partial charge in [-0.2, -0.15) is 0 Å². The Morgan fingerprint density at radius 2 is 2.00 bits per heavy atom. The number of carbonyl (C=O) groups is 2. The van der Waals surface area contributed by atoms with Crippen LogP contribution in [0.15, 0.2) is 59.8 Å². The average molecular weight is 578 g/mol. The zero-order valence-corrected chi connectivity index (χ0v) is 24.7. The van der Waals surface area contributed by atoms with Gasteiger partial charge >= 0.3 is 0 Å². The molecule has 2 saturated heterocycles. The number of carbonyl (C=O) groups excluding carboxylic acids is 2. The van der Waals surface area contributed by atoms with Gasteiger partial charge in [-0.15, -0.1) is 11.3 Å². The summed E-state index contributed by atoms with van der Waals surface area (Å²) >= 11 is 1.30. The van der Waals surface area contributed by atoms with Crippen molar-refractivity contribution in [2.45, 2.75) is 51.0 Å². The number of thiazole rings is 1. The van der Waals surface area contributed by atoms with Crippen molar-refractivity contribution in [3.63, 3.8) is 0 Å². The maximum atomic E-state index is 13.2. The minimum atomic E-state index is -0.327. The number of hydrogen-bond donors (Lipinski definition) is 2. The molecule has 10 heteroatoms. The largest absolute Gasteiger partial charge is 0.493 e. The molecular weight excluding hydrogens is 538 g/mol. The van der Waals surface area contributed by atoms with E-state index in [-0.39, 0.29) is 29.5 Å². The quantitative estimate of drug-likeness (QED) is 0.399. The molecule has 1 atom stereocenters. The van der Waals surface area contributed by atoms with E-state index in [4.69, 9.17) is 9.47 Å². The van der Waals surface area contributed by atoms with Crippen molar-refractivity contribution in [1.82, 2.24) is 20.5 Å². The number of piperazine rings is 1. The number of benzene rings is 1. The van der Waals surface area contributed by atoms with Crippen LogP contribution in [0.3, 0.4) is 0 Å². The second-order valence-electron chi connectivity index (χ2n) is 10.5. The maximum absolute atomic E-state index is 13.2. The number of ether oxygens (including phenoxy) is 2. The molecule has 41 heavy (non-hydrogen) atoms. The van der Waals surface area contributed by atoms with E-state index in [1.54, 1.807) is 23.5 Å². The van der Waals surface area contributed by atoms with Crippen molar-refractivity contribution in [3.8, 4) is 11.5 Å². The molecule has 0 radical (unpaired) electrons. The first-order valence-corrected chi connectivity index (χ1v) is 15.3. The highest BCUT2D eigenvalue weighted by molar-refractivity contribution is 7.14. The summed E-state index contributed by atoms with van der Waals surface area (Å²) < 4.78 is 11.8. The van der Waals surface area contributed by atoms with E-state index in [1.165, 1.54) is 24.2 Å². The number of rotatable bonds is 10. The first kappa shape index (κ1) is 28.9. The van der Waals surface area contributed by atoms with Gasteiger partial charge in [-0.3, -0.25) is 14.5 Å². The Morgan fingerprint density at radius 3 is 2.71 bits per heavy atom. The summed E-state index contributed by atoms with van der Waals surface area (Å²) in [6, 6.07) is 5.95. The molecule has 1 aromatic carbocycles. The normalized spacial score (nSPS) is 20.4. The molecule has 0 bridgehead atoms. The van der Waals surface area contributed by atoms with Crippen molar-refractivity contribution >= 4 is 28.3 Å². The summed E-state index contributed by atoms with van der Waals surface area (Å²) in [4.78, 5) is 34.8. The van der Waals surface area contributed by atoms with Crippen molar-refractivity contribution in [1.29, 1.82) is 0 Å². The molecule has 0 spiro atoms. The minimum Gasteiger partial charge on any atom is -0.493 e. The van der Waals surface area contributed by atoms with Gasteiger partial charge in [0.2, 0.25) is 5.91 Å². The van der Waals surface area contributed by atoms with E-state index in [1.807, 2.05) is 37.3 Å². The lowest BCUT2D eigenvalue weighted by Gasteiger charge is -2.31. The number of aromatic nitrogens is 1. The first-order chi connectivity index (χ1) is 20.0. The molecule has 2 aromatic rings. The van der Waals surface area contributed by atoms with E-state index in [0.29, 0.717) is 29.5 Å². The third kappa shape index (κ3) is 6.65. The van der Waals surface area contributed by atoms with Crippen LogP contribution >= 0.6 is 11.3 Å². The van der Waals surface area contributed by atoms with Crippen molar-refractivity contribution in [2.75, 3.05) is 44.7 Å². The van der Waals surface area contributed by atoms with Crippen LogP contribution in [0.2, 0.25) is 0 Å². The van der Waals surface area contributed by atoms with Crippen LogP contribution < -0.4 is 25.0 Å². The molecule has 1 saturated carbocycles. The molecule has 3 heterocycles. The van der Waals surface area contributed by atoms with Crippen LogP contribution in [0.5, 0.6) is 11.5 Å². The topological polar surface area (TPSA) is 96.0 Å². The summed E-state index contributed by atoms with van der Waals surface area (Å²) in [6.45, 7) is 9.82. The first-order valence-electron chi connectivity index (χ1n) is 14.4. The van der Waals surface area contributed by atoms with Crippen LogP contribution in [0.1, 0.15) is 61.0 Å². The number of nitrogens with one attached hydrogen (secondary N) is 2. The summed E-state index contributed by atoms with van der Waals surface area (Å²) in [6.07, 6.45) is 10.7. The predicted molar refractivity (Wildman–Crippen MR) is 162 cm³/mol. The highest BCUT2D eigenvalue weighted by Gasteiger charge is 2.34. The van der Waals surface area contributed by atoms with Gasteiger partial charge in [-0.05, 0) is 62.5 Å². The van der Waals surface area contributed by atoms with E-state index in [9.17, 15) is 9.59 Å². The predicted octanol–water partition coefficient (Wildman–Crippen LogP) is 4.60. The Bertz CT molecular complexity index is 1320. The zero-order chi connectivity index (χ0) is 28.8. The molecular formula is C31H39N5O4S. The maximum Gasteiger partial charge on any atom is 0.275 e. The smallest absolute Gasteiger partial charge is 0.275 e. The molecule has 3 fully saturated rings. The summed E-state index contributed by atoms with van der Waals surface area (Å²) in [5.41, 5.74) is 2.87. The SMILES string of the molecule is C=C/C(NC(=O)c1csc(N2CC(c3ccc(OC)c(OC4CCCC4)c3)CC2=O)n1)=C(\C=C/C)N1CCNCC1. The molecule has 218 valence electrons. The van der Waals surface area contributed by atoms with E-state index >= 15 is 0 Å². The fourth-order valence-corrected chi connectivity index (χ4v) is 6.50. The lowest BCUT2D eigenvalue weighted by Crippen LogP contribution is -2.43. The minimum absolute atomic E-state index is 0.00163. The van der Waals surface area contributed by atoms with Crippen LogP contribution in [0, 0.1) is 0 Å². The van der Waals surface area contributed by atoms with E-state index in [0.717, 1.165) is 56.0 Å². The van der Waals surface area contributed by atoms with Crippen molar-refractivity contribution < 1.29 is 19.1 Å². The van der Waals surface area contributed by atoms with Gasteiger partial charge in [0.1, 0.15) is 5.69 Å². The van der Waals surface area contributed by atoms with Gasteiger partial charge in [-0.1, -0.05) is 18.7 Å². The van der Waals surface area contributed by atoms with E-state index in [2.05, 4.69) is 27.1 Å². The van der Waals surface area contributed by atoms with Gasteiger partial charge < -0.3 is 25.0 Å². The van der Waals surface area contributed by atoms with Crippen molar-refractivity contribution in [3.05, 3.63) is 71.0 Å². The van der Waals surface area contributed by atoms with Gasteiger partial charge in [0.05, 0.1) is 24.6 Å². The molecule has 2 N–H and O–H groups in total. The lowest BCUT2D eigenvalue weighted by atomic mass is 9.98. The molecule has 2 amide bonds. The summed E-state index contributed by atoms with van der Waals surface area (Å²) in [7, 11) is 1.65. The number of amides is 2. The Kier molecular flexibility index (Phi) is 9.41. The third-order valence-electron chi connectivity index (χ3n) is 7.85. The highest BCUT2D eigenvalue weighted by atomic mass is 32.1. The Morgan fingerprint density at radius 1 is 1.22 bits per heavy atom. The molecule has 2 aliphatic heterocycles. The van der Waals surface area contributed by atoms with Crippen LogP contribution in [0.4, 0.5) is 5.13 Å². The Balaban J connectivity index is 1.29. The highest BCUT2D eigenvalue weighted by Crippen LogP contribution is 2.38. The van der Waals surface area contributed by atoms with Crippen LogP contribution in [-0.2, 0) is 4.79 Å². The number of allylic oxidation sites excluding steroid dienone is 3. The van der Waals surface area contributed by atoms with Gasteiger partial charge in [0.15, 0.2) is 16.6 Å². The number of hydrogen-bond acceptors (Lipinski definition) is 8. The van der Waals surface area contributed by atoms with Gasteiger partial charge in [-0.25, -0.2) is 4.98 Å². The molecule has 9 nitrogen and oxygen atoms in total. The van der Waals surface area contributed by atoms with Crippen LogP contribution in [-0.4, -0.2) is 67.6 Å². The summed E-state index contributed by atoms with van der Waals surface area (Å²) in [5, 5.41) is 8.56. The second-order valence-corrected chi connectivity index (χ2v) is 11.4. The molecule has 1 aromatic heterocycles. The third-order valence-corrected chi connectivity index (χ3v) is 8.71. The molecule has 3 aliphatic rings. The standard InChI is InChI=1S/C31H39N5O4S/c1-4-8-26(35-15-13-32-14-16-35)24(5-2)33-30(38)25-20-41-31(34-25)36-19-22(18-29(36)37)21-11-12-27(39-3)28(17-21)40-23-9-6-7-10-23/h4-5,8,11-12,17,20,22-23,32H,2,6-7,9-10,13-16,18-19H2,1,3H3,(H,33,38)/b8-4-,26-24-. The van der Waals surface area contributed by atoms with Gasteiger partial charge in [0, 0.05) is 50.4 Å². The average Bonchev–Trinajstić information content (AvgIpc) is 3.77. The number of methoxy groups -OCH3 is 1. The molecule has 1 aliphatic carbocycles. The Labute approximate surface area is 245 Å². The number of nitrogens with zero attached hydrogens (tertiary/aromatic N) is 3. The molecule has 1 unspecified atom stereocenters. The second kappa shape index (κ2) is 13.4. The van der Waals surface area contributed by atoms with E-state index < -0.39 is 0 Å². The van der Waals surface area contributed by atoms with Crippen LogP contribution in [0.25, 0.3) is 0 Å². The number of anilines is 1. The van der Waals surface area contributed by atoms with Gasteiger partial charge in [0.25, 0.3) is 5.91 Å². The molecule has 5 rings (SSSR count). The summed E-state index contributed by atoms with van der Waals surface area (Å²) in [5.74, 6) is 1.11. The Hall–Kier alpha value is -3.63. The monoisotopic (exact) mass is 577 g/mol.